The molecule has 7 rings (SSSR count). The molecular formula is C41H32N2O4. The molecule has 0 saturated heterocycles. The first kappa shape index (κ1) is 29.6. The van der Waals surface area contributed by atoms with Crippen molar-refractivity contribution < 1.29 is 19.1 Å². The molecule has 6 aromatic carbocycles. The second kappa shape index (κ2) is 12.3. The monoisotopic (exact) mass is 616 g/mol. The maximum atomic E-state index is 13.2. The number of amides is 2. The molecule has 2 N–H and O–H groups in total. The number of rotatable bonds is 8. The molecule has 0 fully saturated rings. The van der Waals surface area contributed by atoms with Gasteiger partial charge in [0.2, 0.25) is 0 Å². The molecule has 1 aliphatic rings. The molecule has 0 spiro atoms. The van der Waals surface area contributed by atoms with Crippen LogP contribution >= 0.6 is 0 Å². The average Bonchev–Trinajstić information content (AvgIpc) is 3.43. The lowest BCUT2D eigenvalue weighted by atomic mass is 9.67. The van der Waals surface area contributed by atoms with Crippen molar-refractivity contribution in [2.45, 2.75) is 5.41 Å². The zero-order valence-electron chi connectivity index (χ0n) is 26.0. The lowest BCUT2D eigenvalue weighted by molar-refractivity contribution is 0.101. The van der Waals surface area contributed by atoms with Crippen molar-refractivity contribution in [1.82, 2.24) is 0 Å². The molecule has 47 heavy (non-hydrogen) atoms. The predicted molar refractivity (Wildman–Crippen MR) is 186 cm³/mol. The summed E-state index contributed by atoms with van der Waals surface area (Å²) in [6.07, 6.45) is 0. The van der Waals surface area contributed by atoms with Gasteiger partial charge in [0.15, 0.2) is 0 Å². The number of methoxy groups -OCH3 is 2. The van der Waals surface area contributed by atoms with Crippen LogP contribution in [0.2, 0.25) is 0 Å². The van der Waals surface area contributed by atoms with Gasteiger partial charge < -0.3 is 20.1 Å². The maximum absolute atomic E-state index is 13.2. The van der Waals surface area contributed by atoms with E-state index in [2.05, 4.69) is 83.4 Å². The summed E-state index contributed by atoms with van der Waals surface area (Å²) in [6.45, 7) is 0. The van der Waals surface area contributed by atoms with Crippen molar-refractivity contribution in [3.8, 4) is 22.6 Å². The largest absolute Gasteiger partial charge is 0.496 e. The maximum Gasteiger partial charge on any atom is 0.259 e. The van der Waals surface area contributed by atoms with Crippen LogP contribution in [0.15, 0.2) is 146 Å². The van der Waals surface area contributed by atoms with E-state index in [0.717, 1.165) is 22.3 Å². The van der Waals surface area contributed by atoms with Crippen molar-refractivity contribution in [3.63, 3.8) is 0 Å². The second-order valence-corrected chi connectivity index (χ2v) is 11.3. The molecule has 2 amide bonds. The van der Waals surface area contributed by atoms with Crippen LogP contribution in [0.4, 0.5) is 11.4 Å². The van der Waals surface area contributed by atoms with Crippen molar-refractivity contribution in [2.24, 2.45) is 0 Å². The van der Waals surface area contributed by atoms with Gasteiger partial charge >= 0.3 is 0 Å². The molecule has 0 aliphatic heterocycles. The standard InChI is InChI=1S/C41H32N2O4/c1-46-37-17-9-5-13-33(37)39(44)42-29-23-19-27(20-24-29)41(35-15-7-3-11-31(35)32-12-4-8-16-36(32)41)28-21-25-30(26-22-28)43-40(45)34-14-6-10-18-38(34)47-2/h3-26H,1-2H3,(H,42,44)(H,43,45). The Balaban J connectivity index is 1.28. The Hall–Kier alpha value is -6.14. The third-order valence-corrected chi connectivity index (χ3v) is 8.81. The summed E-state index contributed by atoms with van der Waals surface area (Å²) >= 11 is 0. The van der Waals surface area contributed by atoms with E-state index >= 15 is 0 Å². The fraction of sp³-hybridized carbons (Fsp3) is 0.0732. The SMILES string of the molecule is COc1ccccc1C(=O)Nc1ccc(C2(c3ccc(NC(=O)c4ccccc4OC)cc3)c3ccccc3-c3ccccc32)cc1. The summed E-state index contributed by atoms with van der Waals surface area (Å²) in [5.41, 5.74) is 8.42. The summed E-state index contributed by atoms with van der Waals surface area (Å²) in [5.74, 6) is 0.545. The van der Waals surface area contributed by atoms with Crippen LogP contribution in [-0.4, -0.2) is 26.0 Å². The highest BCUT2D eigenvalue weighted by atomic mass is 16.5. The van der Waals surface area contributed by atoms with Gasteiger partial charge in [0.25, 0.3) is 11.8 Å². The molecule has 0 atom stereocenters. The van der Waals surface area contributed by atoms with Gasteiger partial charge in [-0.25, -0.2) is 0 Å². The van der Waals surface area contributed by atoms with Crippen LogP contribution in [0.3, 0.4) is 0 Å². The molecule has 0 saturated carbocycles. The van der Waals surface area contributed by atoms with Gasteiger partial charge in [-0.05, 0) is 81.9 Å². The van der Waals surface area contributed by atoms with E-state index in [0.29, 0.717) is 34.0 Å². The van der Waals surface area contributed by atoms with E-state index in [1.807, 2.05) is 48.5 Å². The summed E-state index contributed by atoms with van der Waals surface area (Å²) in [7, 11) is 3.11. The van der Waals surface area contributed by atoms with Gasteiger partial charge in [-0.2, -0.15) is 0 Å². The fourth-order valence-corrected chi connectivity index (χ4v) is 6.69. The minimum Gasteiger partial charge on any atom is -0.496 e. The number of nitrogens with one attached hydrogen (secondary N) is 2. The number of fused-ring (bicyclic) bond motifs is 3. The number of benzene rings is 6. The molecule has 6 heteroatoms. The summed E-state index contributed by atoms with van der Waals surface area (Å²) in [4.78, 5) is 26.3. The molecule has 0 aromatic heterocycles. The van der Waals surface area contributed by atoms with Crippen LogP contribution in [0.5, 0.6) is 11.5 Å². The van der Waals surface area contributed by atoms with Gasteiger partial charge in [-0.15, -0.1) is 0 Å². The summed E-state index contributed by atoms with van der Waals surface area (Å²) in [5, 5.41) is 6.04. The molecule has 0 unspecified atom stereocenters. The highest BCUT2D eigenvalue weighted by Gasteiger charge is 2.45. The first-order valence-corrected chi connectivity index (χ1v) is 15.3. The van der Waals surface area contributed by atoms with Gasteiger partial charge in [0.1, 0.15) is 11.5 Å². The van der Waals surface area contributed by atoms with E-state index in [9.17, 15) is 9.59 Å². The van der Waals surface area contributed by atoms with Crippen LogP contribution in [-0.2, 0) is 5.41 Å². The van der Waals surface area contributed by atoms with Gasteiger partial charge in [0, 0.05) is 11.4 Å². The number of carbonyl (C=O) groups excluding carboxylic acids is 2. The van der Waals surface area contributed by atoms with Crippen molar-refractivity contribution >= 4 is 23.2 Å². The Morgan fingerprint density at radius 1 is 0.468 bits per heavy atom. The van der Waals surface area contributed by atoms with Crippen LogP contribution < -0.4 is 20.1 Å². The van der Waals surface area contributed by atoms with Crippen molar-refractivity contribution in [2.75, 3.05) is 24.9 Å². The quantitative estimate of drug-likeness (QED) is 0.179. The summed E-state index contributed by atoms with van der Waals surface area (Å²) < 4.78 is 10.8. The van der Waals surface area contributed by atoms with E-state index < -0.39 is 5.41 Å². The third-order valence-electron chi connectivity index (χ3n) is 8.81. The van der Waals surface area contributed by atoms with Gasteiger partial charge in [0.05, 0.1) is 30.8 Å². The molecule has 0 radical (unpaired) electrons. The number of ether oxygens (including phenoxy) is 2. The van der Waals surface area contributed by atoms with E-state index in [1.165, 1.54) is 11.1 Å². The first-order valence-electron chi connectivity index (χ1n) is 15.3. The normalized spacial score (nSPS) is 12.4. The Morgan fingerprint density at radius 3 is 1.23 bits per heavy atom. The molecule has 6 nitrogen and oxygen atoms in total. The van der Waals surface area contributed by atoms with Gasteiger partial charge in [-0.3, -0.25) is 9.59 Å². The lowest BCUT2D eigenvalue weighted by Crippen LogP contribution is -2.28. The zero-order chi connectivity index (χ0) is 32.4. The second-order valence-electron chi connectivity index (χ2n) is 11.3. The number of anilines is 2. The molecular weight excluding hydrogens is 584 g/mol. The Labute approximate surface area is 273 Å². The minimum absolute atomic E-state index is 0.243. The average molecular weight is 617 g/mol. The Kier molecular flexibility index (Phi) is 7.76. The lowest BCUT2D eigenvalue weighted by Gasteiger charge is -2.34. The van der Waals surface area contributed by atoms with E-state index in [4.69, 9.17) is 9.47 Å². The van der Waals surface area contributed by atoms with Crippen LogP contribution in [0.1, 0.15) is 43.0 Å². The minimum atomic E-state index is -0.635. The van der Waals surface area contributed by atoms with Gasteiger partial charge in [-0.1, -0.05) is 97.1 Å². The highest BCUT2D eigenvalue weighted by Crippen LogP contribution is 2.56. The first-order chi connectivity index (χ1) is 23.0. The number of para-hydroxylation sites is 2. The smallest absolute Gasteiger partial charge is 0.259 e. The summed E-state index contributed by atoms with van der Waals surface area (Å²) in [6, 6.07) is 47.4. The Bertz CT molecular complexity index is 1950. The topological polar surface area (TPSA) is 76.7 Å². The van der Waals surface area contributed by atoms with Crippen molar-refractivity contribution in [3.05, 3.63) is 179 Å². The third kappa shape index (κ3) is 5.10. The molecule has 0 bridgehead atoms. The Morgan fingerprint density at radius 2 is 0.830 bits per heavy atom. The van der Waals surface area contributed by atoms with E-state index in [1.54, 1.807) is 38.5 Å². The highest BCUT2D eigenvalue weighted by molar-refractivity contribution is 6.07. The van der Waals surface area contributed by atoms with Crippen LogP contribution in [0, 0.1) is 0 Å². The van der Waals surface area contributed by atoms with Crippen LogP contribution in [0.25, 0.3) is 11.1 Å². The zero-order valence-corrected chi connectivity index (χ0v) is 26.0. The van der Waals surface area contributed by atoms with Crippen molar-refractivity contribution in [1.29, 1.82) is 0 Å². The predicted octanol–water partition coefficient (Wildman–Crippen LogP) is 8.57. The number of hydrogen-bond acceptors (Lipinski definition) is 4. The number of carbonyl (C=O) groups is 2. The molecule has 6 aromatic rings. The number of hydrogen-bond donors (Lipinski definition) is 2. The fourth-order valence-electron chi connectivity index (χ4n) is 6.69. The molecule has 1 aliphatic carbocycles. The molecule has 0 heterocycles. The van der Waals surface area contributed by atoms with E-state index in [-0.39, 0.29) is 11.8 Å². The molecule has 230 valence electrons.